The summed E-state index contributed by atoms with van der Waals surface area (Å²) in [4.78, 5) is 10.4. The quantitative estimate of drug-likeness (QED) is 0.779. The van der Waals surface area contributed by atoms with E-state index in [1.807, 2.05) is 18.3 Å². The van der Waals surface area contributed by atoms with Crippen molar-refractivity contribution in [1.82, 2.24) is 9.88 Å². The zero-order valence-electron chi connectivity index (χ0n) is 17.3. The normalized spacial score (nSPS) is 23.5. The first kappa shape index (κ1) is 20.6. The number of hydrogen-bond donors (Lipinski definition) is 1. The van der Waals surface area contributed by atoms with E-state index >= 15 is 0 Å². The number of aliphatic hydroxyl groups excluding tert-OH is 1. The molecule has 6 nitrogen and oxygen atoms in total. The summed E-state index contributed by atoms with van der Waals surface area (Å²) in [6, 6.07) is 8.22. The molecule has 2 saturated heterocycles. The lowest BCUT2D eigenvalue weighted by Gasteiger charge is -2.35. The van der Waals surface area contributed by atoms with E-state index in [9.17, 15) is 5.11 Å². The Kier molecular flexibility index (Phi) is 6.70. The summed E-state index contributed by atoms with van der Waals surface area (Å²) in [5.74, 6) is 1.32. The lowest BCUT2D eigenvalue weighted by Crippen LogP contribution is -2.48. The SMILES string of the molecule is CC(C)c1cccc(O[C@@H]2CCN(Cc3cnc(N4CCOCC4)s3)C[C@H]2O)c1. The maximum Gasteiger partial charge on any atom is 0.185 e. The number of nitrogens with zero attached hydrogens (tertiary/aromatic N) is 3. The second kappa shape index (κ2) is 9.43. The van der Waals surface area contributed by atoms with Crippen LogP contribution in [0.3, 0.4) is 0 Å². The molecule has 0 spiro atoms. The second-order valence-electron chi connectivity index (χ2n) is 8.18. The summed E-state index contributed by atoms with van der Waals surface area (Å²) in [7, 11) is 0. The molecule has 7 heteroatoms. The molecule has 2 atom stereocenters. The van der Waals surface area contributed by atoms with Crippen molar-refractivity contribution in [3.8, 4) is 5.75 Å². The minimum absolute atomic E-state index is 0.154. The predicted molar refractivity (Wildman–Crippen MR) is 116 cm³/mol. The van der Waals surface area contributed by atoms with Gasteiger partial charge in [0, 0.05) is 43.8 Å². The first-order valence-electron chi connectivity index (χ1n) is 10.5. The van der Waals surface area contributed by atoms with Crippen LogP contribution in [0.5, 0.6) is 5.75 Å². The van der Waals surface area contributed by atoms with Crippen LogP contribution in [0.2, 0.25) is 0 Å². The first-order valence-corrected chi connectivity index (χ1v) is 11.3. The van der Waals surface area contributed by atoms with Crippen molar-refractivity contribution in [3.05, 3.63) is 40.9 Å². The van der Waals surface area contributed by atoms with Gasteiger partial charge in [-0.15, -0.1) is 11.3 Å². The van der Waals surface area contributed by atoms with Crippen molar-refractivity contribution in [2.24, 2.45) is 0 Å². The van der Waals surface area contributed by atoms with E-state index in [2.05, 4.69) is 40.8 Å². The van der Waals surface area contributed by atoms with Gasteiger partial charge >= 0.3 is 0 Å². The molecule has 4 rings (SSSR count). The highest BCUT2D eigenvalue weighted by Crippen LogP contribution is 2.27. The minimum Gasteiger partial charge on any atom is -0.488 e. The highest BCUT2D eigenvalue weighted by molar-refractivity contribution is 7.15. The number of benzene rings is 1. The fourth-order valence-corrected chi connectivity index (χ4v) is 4.87. The van der Waals surface area contributed by atoms with Crippen LogP contribution in [0, 0.1) is 0 Å². The summed E-state index contributed by atoms with van der Waals surface area (Å²) in [6.07, 6.45) is 2.15. The van der Waals surface area contributed by atoms with E-state index in [0.717, 1.165) is 56.7 Å². The number of β-amino-alcohol motifs (C(OH)–C–C–N with tert-alkyl or cyclic N) is 1. The third kappa shape index (κ3) is 5.28. The average molecular weight is 418 g/mol. The summed E-state index contributed by atoms with van der Waals surface area (Å²) in [5, 5.41) is 11.7. The van der Waals surface area contributed by atoms with Crippen molar-refractivity contribution in [3.63, 3.8) is 0 Å². The van der Waals surface area contributed by atoms with E-state index < -0.39 is 6.10 Å². The molecule has 0 amide bonds. The van der Waals surface area contributed by atoms with Crippen molar-refractivity contribution >= 4 is 16.5 Å². The van der Waals surface area contributed by atoms with Crippen LogP contribution in [0.4, 0.5) is 5.13 Å². The van der Waals surface area contributed by atoms with E-state index in [4.69, 9.17) is 9.47 Å². The molecule has 2 aliphatic heterocycles. The Hall–Kier alpha value is -1.67. The van der Waals surface area contributed by atoms with Crippen molar-refractivity contribution in [1.29, 1.82) is 0 Å². The van der Waals surface area contributed by atoms with Gasteiger partial charge in [0.25, 0.3) is 0 Å². The van der Waals surface area contributed by atoms with E-state index in [0.29, 0.717) is 12.5 Å². The zero-order chi connectivity index (χ0) is 20.2. The molecule has 0 radical (unpaired) electrons. The topological polar surface area (TPSA) is 58.1 Å². The van der Waals surface area contributed by atoms with Crippen molar-refractivity contribution < 1.29 is 14.6 Å². The van der Waals surface area contributed by atoms with Crippen LogP contribution >= 0.6 is 11.3 Å². The van der Waals surface area contributed by atoms with Crippen LogP contribution < -0.4 is 9.64 Å². The molecule has 0 saturated carbocycles. The van der Waals surface area contributed by atoms with Crippen LogP contribution in [0.15, 0.2) is 30.5 Å². The first-order chi connectivity index (χ1) is 14.1. The van der Waals surface area contributed by atoms with Gasteiger partial charge < -0.3 is 19.5 Å². The molecule has 0 bridgehead atoms. The van der Waals surface area contributed by atoms with Crippen LogP contribution in [0.1, 0.15) is 36.6 Å². The molecule has 3 heterocycles. The predicted octanol–water partition coefficient (Wildman–Crippen LogP) is 3.12. The Balaban J connectivity index is 1.30. The van der Waals surface area contributed by atoms with Crippen LogP contribution in [-0.4, -0.2) is 66.6 Å². The highest BCUT2D eigenvalue weighted by Gasteiger charge is 2.29. The Morgan fingerprint density at radius 3 is 2.86 bits per heavy atom. The fraction of sp³-hybridized carbons (Fsp3) is 0.591. The molecule has 1 aromatic carbocycles. The second-order valence-corrected chi connectivity index (χ2v) is 9.28. The molecule has 1 N–H and O–H groups in total. The maximum atomic E-state index is 10.7. The Bertz CT molecular complexity index is 791. The van der Waals surface area contributed by atoms with Gasteiger partial charge in [0.15, 0.2) is 5.13 Å². The summed E-state index contributed by atoms with van der Waals surface area (Å²) < 4.78 is 11.6. The molecule has 0 aliphatic carbocycles. The monoisotopic (exact) mass is 417 g/mol. The van der Waals surface area contributed by atoms with Gasteiger partial charge in [0.2, 0.25) is 0 Å². The van der Waals surface area contributed by atoms with E-state index in [-0.39, 0.29) is 6.10 Å². The van der Waals surface area contributed by atoms with Crippen molar-refractivity contribution in [2.75, 3.05) is 44.3 Å². The molecular weight excluding hydrogens is 386 g/mol. The lowest BCUT2D eigenvalue weighted by atomic mass is 10.0. The Morgan fingerprint density at radius 1 is 1.28 bits per heavy atom. The smallest absolute Gasteiger partial charge is 0.185 e. The number of morpholine rings is 1. The zero-order valence-corrected chi connectivity index (χ0v) is 18.1. The number of anilines is 1. The standard InChI is InChI=1S/C22H31N3O3S/c1-16(2)17-4-3-5-18(12-17)28-21-6-7-24(15-20(21)26)14-19-13-23-22(29-19)25-8-10-27-11-9-25/h3-5,12-13,16,20-21,26H,6-11,14-15H2,1-2H3/t20-,21-/m1/s1. The molecular formula is C22H31N3O3S. The maximum absolute atomic E-state index is 10.7. The Labute approximate surface area is 177 Å². The van der Waals surface area contributed by atoms with Gasteiger partial charge in [0.05, 0.1) is 13.2 Å². The highest BCUT2D eigenvalue weighted by atomic mass is 32.1. The average Bonchev–Trinajstić information content (AvgIpc) is 3.19. The number of hydrogen-bond acceptors (Lipinski definition) is 7. The molecule has 0 unspecified atom stereocenters. The number of likely N-dealkylation sites (tertiary alicyclic amines) is 1. The number of rotatable bonds is 6. The van der Waals surface area contributed by atoms with Crippen LogP contribution in [0.25, 0.3) is 0 Å². The largest absolute Gasteiger partial charge is 0.488 e. The van der Waals surface area contributed by atoms with Gasteiger partial charge in [0.1, 0.15) is 18.0 Å². The number of aromatic nitrogens is 1. The number of thiazole rings is 1. The summed E-state index contributed by atoms with van der Waals surface area (Å²) in [6.45, 7) is 10.1. The van der Waals surface area contributed by atoms with Crippen LogP contribution in [-0.2, 0) is 11.3 Å². The minimum atomic E-state index is -0.488. The molecule has 29 heavy (non-hydrogen) atoms. The third-order valence-electron chi connectivity index (χ3n) is 5.62. The van der Waals surface area contributed by atoms with Crippen molar-refractivity contribution in [2.45, 2.75) is 44.9 Å². The number of ether oxygens (including phenoxy) is 2. The molecule has 2 aliphatic rings. The fourth-order valence-electron chi connectivity index (χ4n) is 3.87. The van der Waals surface area contributed by atoms with Gasteiger partial charge in [-0.2, -0.15) is 0 Å². The Morgan fingerprint density at radius 2 is 2.10 bits per heavy atom. The van der Waals surface area contributed by atoms with E-state index in [1.165, 1.54) is 10.4 Å². The third-order valence-corrected chi connectivity index (χ3v) is 6.66. The summed E-state index contributed by atoms with van der Waals surface area (Å²) in [5.41, 5.74) is 1.26. The number of piperidine rings is 1. The molecule has 2 aromatic rings. The molecule has 1 aromatic heterocycles. The lowest BCUT2D eigenvalue weighted by molar-refractivity contribution is -0.0272. The molecule has 158 valence electrons. The molecule has 2 fully saturated rings. The van der Waals surface area contributed by atoms with Gasteiger partial charge in [-0.1, -0.05) is 26.0 Å². The van der Waals surface area contributed by atoms with Gasteiger partial charge in [-0.3, -0.25) is 4.90 Å². The van der Waals surface area contributed by atoms with Gasteiger partial charge in [-0.25, -0.2) is 4.98 Å². The van der Waals surface area contributed by atoms with E-state index in [1.54, 1.807) is 11.3 Å². The van der Waals surface area contributed by atoms with Gasteiger partial charge in [-0.05, 0) is 30.0 Å². The number of aliphatic hydroxyl groups is 1. The summed E-state index contributed by atoms with van der Waals surface area (Å²) >= 11 is 1.75.